The summed E-state index contributed by atoms with van der Waals surface area (Å²) in [6.45, 7) is 2.00. The minimum atomic E-state index is -0.427. The van der Waals surface area contributed by atoms with Gasteiger partial charge in [0.2, 0.25) is 0 Å². The van der Waals surface area contributed by atoms with Gasteiger partial charge in [-0.2, -0.15) is 0 Å². The predicted octanol–water partition coefficient (Wildman–Crippen LogP) is 2.16. The van der Waals surface area contributed by atoms with Crippen molar-refractivity contribution in [2.45, 2.75) is 18.9 Å². The first-order valence-electron chi connectivity index (χ1n) is 5.64. The van der Waals surface area contributed by atoms with Gasteiger partial charge in [0, 0.05) is 33.4 Å². The van der Waals surface area contributed by atoms with Crippen LogP contribution < -0.4 is 0 Å². The van der Waals surface area contributed by atoms with Crippen molar-refractivity contribution in [3.05, 3.63) is 35.9 Å². The highest BCUT2D eigenvalue weighted by Gasteiger charge is 2.05. The van der Waals surface area contributed by atoms with Gasteiger partial charge in [-0.25, -0.2) is 0 Å². The Hall–Kier alpha value is -0.900. The topological polar surface area (TPSA) is 38.7 Å². The van der Waals surface area contributed by atoms with Crippen LogP contribution in [0, 0.1) is 0 Å². The molecule has 1 aromatic carbocycles. The molecule has 0 aliphatic heterocycles. The van der Waals surface area contributed by atoms with Gasteiger partial charge in [0.05, 0.1) is 6.10 Å². The van der Waals surface area contributed by atoms with E-state index in [9.17, 15) is 5.11 Å². The van der Waals surface area contributed by atoms with E-state index in [4.69, 9.17) is 9.47 Å². The smallest absolute Gasteiger partial charge is 0.0812 e. The largest absolute Gasteiger partial charge is 0.388 e. The number of benzene rings is 1. The third-order valence-corrected chi connectivity index (χ3v) is 2.36. The Labute approximate surface area is 97.0 Å². The molecule has 0 aliphatic carbocycles. The first-order chi connectivity index (χ1) is 7.84. The number of aliphatic hydroxyl groups excluding tert-OH is 1. The highest BCUT2D eigenvalue weighted by Crippen LogP contribution is 2.15. The van der Waals surface area contributed by atoms with Gasteiger partial charge >= 0.3 is 0 Å². The van der Waals surface area contributed by atoms with Gasteiger partial charge in [-0.15, -0.1) is 0 Å². The summed E-state index contributed by atoms with van der Waals surface area (Å²) in [5.74, 6) is 0. The van der Waals surface area contributed by atoms with Crippen molar-refractivity contribution in [1.29, 1.82) is 0 Å². The summed E-state index contributed by atoms with van der Waals surface area (Å²) in [5, 5.41) is 9.82. The normalized spacial score (nSPS) is 12.6. The van der Waals surface area contributed by atoms with Crippen molar-refractivity contribution in [2.24, 2.45) is 0 Å². The first kappa shape index (κ1) is 13.2. The van der Waals surface area contributed by atoms with Gasteiger partial charge in [-0.1, -0.05) is 30.3 Å². The summed E-state index contributed by atoms with van der Waals surface area (Å²) in [7, 11) is 1.68. The second-order valence-corrected chi connectivity index (χ2v) is 3.67. The Morgan fingerprint density at radius 2 is 1.88 bits per heavy atom. The average molecular weight is 224 g/mol. The van der Waals surface area contributed by atoms with Crippen LogP contribution in [-0.4, -0.2) is 32.0 Å². The van der Waals surface area contributed by atoms with E-state index in [1.807, 2.05) is 30.3 Å². The van der Waals surface area contributed by atoms with Crippen molar-refractivity contribution >= 4 is 0 Å². The van der Waals surface area contributed by atoms with Crippen molar-refractivity contribution in [2.75, 3.05) is 26.9 Å². The van der Waals surface area contributed by atoms with E-state index in [0.717, 1.165) is 18.6 Å². The first-order valence-corrected chi connectivity index (χ1v) is 5.64. The van der Waals surface area contributed by atoms with E-state index in [1.54, 1.807) is 7.11 Å². The molecule has 0 saturated carbocycles. The number of rotatable bonds is 8. The fraction of sp³-hybridized carbons (Fsp3) is 0.538. The minimum Gasteiger partial charge on any atom is -0.388 e. The van der Waals surface area contributed by atoms with Gasteiger partial charge in [-0.3, -0.25) is 0 Å². The van der Waals surface area contributed by atoms with E-state index in [-0.39, 0.29) is 0 Å². The standard InChI is InChI=1S/C13H20O3/c1-15-9-5-10-16-11-8-13(14)12-6-3-2-4-7-12/h2-4,6-7,13-14H,5,8-11H2,1H3. The maximum Gasteiger partial charge on any atom is 0.0812 e. The molecule has 0 radical (unpaired) electrons. The van der Waals surface area contributed by atoms with Gasteiger partial charge in [0.25, 0.3) is 0 Å². The van der Waals surface area contributed by atoms with Crippen molar-refractivity contribution in [1.82, 2.24) is 0 Å². The van der Waals surface area contributed by atoms with Gasteiger partial charge in [-0.05, 0) is 12.0 Å². The van der Waals surface area contributed by atoms with Crippen LogP contribution in [0.1, 0.15) is 24.5 Å². The Morgan fingerprint density at radius 3 is 2.56 bits per heavy atom. The van der Waals surface area contributed by atoms with Crippen molar-refractivity contribution in [3.8, 4) is 0 Å². The molecule has 1 unspecified atom stereocenters. The van der Waals surface area contributed by atoms with Crippen LogP contribution in [0.2, 0.25) is 0 Å². The van der Waals surface area contributed by atoms with E-state index >= 15 is 0 Å². The Kier molecular flexibility index (Phi) is 6.81. The highest BCUT2D eigenvalue weighted by atomic mass is 16.5. The fourth-order valence-corrected chi connectivity index (χ4v) is 1.44. The number of hydrogen-bond acceptors (Lipinski definition) is 3. The zero-order valence-corrected chi connectivity index (χ0v) is 9.76. The molecule has 1 rings (SSSR count). The molecule has 0 aromatic heterocycles. The maximum absolute atomic E-state index is 9.82. The van der Waals surface area contributed by atoms with Crippen molar-refractivity contribution < 1.29 is 14.6 Å². The van der Waals surface area contributed by atoms with Crippen molar-refractivity contribution in [3.63, 3.8) is 0 Å². The second-order valence-electron chi connectivity index (χ2n) is 3.67. The highest BCUT2D eigenvalue weighted by molar-refractivity contribution is 5.16. The summed E-state index contributed by atoms with van der Waals surface area (Å²) in [4.78, 5) is 0. The quantitative estimate of drug-likeness (QED) is 0.688. The number of ether oxygens (including phenoxy) is 2. The molecule has 0 heterocycles. The van der Waals surface area contributed by atoms with Crippen LogP contribution in [-0.2, 0) is 9.47 Å². The predicted molar refractivity (Wildman–Crippen MR) is 63.3 cm³/mol. The Bertz CT molecular complexity index is 261. The molecular weight excluding hydrogens is 204 g/mol. The molecule has 0 fully saturated rings. The molecule has 3 heteroatoms. The third-order valence-electron chi connectivity index (χ3n) is 2.36. The number of hydrogen-bond donors (Lipinski definition) is 1. The molecule has 0 amide bonds. The van der Waals surface area contributed by atoms with Gasteiger partial charge in [0.15, 0.2) is 0 Å². The Balaban J connectivity index is 2.09. The van der Waals surface area contributed by atoms with Crippen LogP contribution in [0.5, 0.6) is 0 Å². The lowest BCUT2D eigenvalue weighted by Gasteiger charge is -2.10. The molecule has 0 saturated heterocycles. The molecule has 90 valence electrons. The molecular formula is C13H20O3. The summed E-state index contributed by atoms with van der Waals surface area (Å²) < 4.78 is 10.3. The molecule has 1 N–H and O–H groups in total. The van der Waals surface area contributed by atoms with E-state index < -0.39 is 6.10 Å². The van der Waals surface area contributed by atoms with Crippen LogP contribution in [0.25, 0.3) is 0 Å². The van der Waals surface area contributed by atoms with Gasteiger partial charge < -0.3 is 14.6 Å². The molecule has 1 atom stereocenters. The van der Waals surface area contributed by atoms with E-state index in [1.165, 1.54) is 0 Å². The fourth-order valence-electron chi connectivity index (χ4n) is 1.44. The maximum atomic E-state index is 9.82. The van der Waals surface area contributed by atoms with E-state index in [2.05, 4.69) is 0 Å². The number of aliphatic hydroxyl groups is 1. The zero-order chi connectivity index (χ0) is 11.6. The second kappa shape index (κ2) is 8.28. The lowest BCUT2D eigenvalue weighted by molar-refractivity contribution is 0.0690. The molecule has 0 bridgehead atoms. The van der Waals surface area contributed by atoms with Gasteiger partial charge in [0.1, 0.15) is 0 Å². The minimum absolute atomic E-state index is 0.427. The third kappa shape index (κ3) is 5.26. The molecule has 0 spiro atoms. The van der Waals surface area contributed by atoms with Crippen LogP contribution >= 0.6 is 0 Å². The summed E-state index contributed by atoms with van der Waals surface area (Å²) >= 11 is 0. The van der Waals surface area contributed by atoms with Crippen LogP contribution in [0.15, 0.2) is 30.3 Å². The SMILES string of the molecule is COCCCOCCC(O)c1ccccc1. The molecule has 0 aliphatic rings. The summed E-state index contributed by atoms with van der Waals surface area (Å²) in [6.07, 6.45) is 1.11. The zero-order valence-electron chi connectivity index (χ0n) is 9.76. The molecule has 3 nitrogen and oxygen atoms in total. The number of methoxy groups -OCH3 is 1. The monoisotopic (exact) mass is 224 g/mol. The summed E-state index contributed by atoms with van der Waals surface area (Å²) in [6, 6.07) is 9.65. The average Bonchev–Trinajstić information content (AvgIpc) is 2.34. The lowest BCUT2D eigenvalue weighted by Crippen LogP contribution is -2.05. The molecule has 1 aromatic rings. The Morgan fingerprint density at radius 1 is 1.12 bits per heavy atom. The van der Waals surface area contributed by atoms with Crippen LogP contribution in [0.3, 0.4) is 0 Å². The molecule has 16 heavy (non-hydrogen) atoms. The lowest BCUT2D eigenvalue weighted by atomic mass is 10.1. The van der Waals surface area contributed by atoms with Crippen LogP contribution in [0.4, 0.5) is 0 Å². The van der Waals surface area contributed by atoms with E-state index in [0.29, 0.717) is 19.6 Å². The summed E-state index contributed by atoms with van der Waals surface area (Å²) in [5.41, 5.74) is 0.947.